The van der Waals surface area contributed by atoms with Crippen LogP contribution in [0.4, 0.5) is 4.79 Å². The fraction of sp³-hybridized carbons (Fsp3) is 0.464. The van der Waals surface area contributed by atoms with E-state index in [-0.39, 0.29) is 43.4 Å². The molecule has 2 N–H and O–H groups in total. The number of carboxylic acid groups (broad SMARTS) is 1. The molecule has 5 rings (SSSR count). The first kappa shape index (κ1) is 23.4. The van der Waals surface area contributed by atoms with Gasteiger partial charge < -0.3 is 20.1 Å². The van der Waals surface area contributed by atoms with Crippen LogP contribution in [0, 0.1) is 0 Å². The molecule has 7 heteroatoms. The summed E-state index contributed by atoms with van der Waals surface area (Å²) in [7, 11) is 0. The number of benzene rings is 2. The smallest absolute Gasteiger partial charge is 0.407 e. The van der Waals surface area contributed by atoms with Crippen LogP contribution in [0.15, 0.2) is 48.5 Å². The Kier molecular flexibility index (Phi) is 6.26. The van der Waals surface area contributed by atoms with Gasteiger partial charge in [0, 0.05) is 24.4 Å². The van der Waals surface area contributed by atoms with Gasteiger partial charge in [0.2, 0.25) is 5.91 Å². The zero-order valence-electron chi connectivity index (χ0n) is 20.0. The first-order valence-electron chi connectivity index (χ1n) is 12.6. The zero-order valence-corrected chi connectivity index (χ0v) is 20.0. The second-order valence-corrected chi connectivity index (χ2v) is 10.1. The monoisotopic (exact) mass is 476 g/mol. The molecule has 184 valence electrons. The Bertz CT molecular complexity index is 1090. The van der Waals surface area contributed by atoms with Crippen molar-refractivity contribution in [1.29, 1.82) is 0 Å². The number of hydrogen-bond donors (Lipinski definition) is 2. The van der Waals surface area contributed by atoms with Gasteiger partial charge in [-0.3, -0.25) is 9.59 Å². The van der Waals surface area contributed by atoms with Crippen molar-refractivity contribution in [3.8, 4) is 11.1 Å². The van der Waals surface area contributed by atoms with Gasteiger partial charge in [-0.15, -0.1) is 0 Å². The Hall–Kier alpha value is -3.35. The highest BCUT2D eigenvalue weighted by Crippen LogP contribution is 2.49. The van der Waals surface area contributed by atoms with E-state index >= 15 is 0 Å². The number of carbonyl (C=O) groups is 3. The highest BCUT2D eigenvalue weighted by Gasteiger charge is 2.54. The molecule has 1 aliphatic carbocycles. The van der Waals surface area contributed by atoms with E-state index < -0.39 is 17.6 Å². The molecule has 0 radical (unpaired) electrons. The summed E-state index contributed by atoms with van der Waals surface area (Å²) in [6.07, 6.45) is 3.39. The molecule has 3 aliphatic rings. The Morgan fingerprint density at radius 3 is 2.23 bits per heavy atom. The maximum Gasteiger partial charge on any atom is 0.407 e. The minimum Gasteiger partial charge on any atom is -0.481 e. The summed E-state index contributed by atoms with van der Waals surface area (Å²) in [5.41, 5.74) is 4.08. The normalized spacial score (nSPS) is 23.0. The molecule has 1 atom stereocenters. The predicted molar refractivity (Wildman–Crippen MR) is 131 cm³/mol. The maximum absolute atomic E-state index is 13.2. The second-order valence-electron chi connectivity index (χ2n) is 10.1. The number of nitrogens with zero attached hydrogens (tertiary/aromatic N) is 1. The fourth-order valence-corrected chi connectivity index (χ4v) is 6.45. The van der Waals surface area contributed by atoms with E-state index in [9.17, 15) is 19.5 Å². The van der Waals surface area contributed by atoms with Crippen molar-refractivity contribution in [2.75, 3.05) is 6.61 Å². The lowest BCUT2D eigenvalue weighted by Gasteiger charge is -2.34. The first-order valence-corrected chi connectivity index (χ1v) is 12.6. The number of rotatable bonds is 8. The van der Waals surface area contributed by atoms with Crippen LogP contribution in [0.25, 0.3) is 11.1 Å². The summed E-state index contributed by atoms with van der Waals surface area (Å²) in [6, 6.07) is 16.1. The van der Waals surface area contributed by atoms with Gasteiger partial charge in [0.05, 0.1) is 12.0 Å². The molecule has 2 saturated heterocycles. The molecule has 0 saturated carbocycles. The fourth-order valence-electron chi connectivity index (χ4n) is 6.45. The third-order valence-corrected chi connectivity index (χ3v) is 8.09. The summed E-state index contributed by atoms with van der Waals surface area (Å²) in [4.78, 5) is 39.2. The maximum atomic E-state index is 13.2. The summed E-state index contributed by atoms with van der Waals surface area (Å²) < 4.78 is 5.65. The number of ether oxygens (including phenoxy) is 1. The van der Waals surface area contributed by atoms with Crippen LogP contribution in [0.2, 0.25) is 0 Å². The molecule has 2 fully saturated rings. The molecular formula is C28H32N2O5. The van der Waals surface area contributed by atoms with Crippen LogP contribution in [0.5, 0.6) is 0 Å². The molecule has 2 aromatic rings. The van der Waals surface area contributed by atoms with Gasteiger partial charge >= 0.3 is 12.1 Å². The van der Waals surface area contributed by atoms with Crippen molar-refractivity contribution in [2.24, 2.45) is 0 Å². The Morgan fingerprint density at radius 1 is 1.06 bits per heavy atom. The van der Waals surface area contributed by atoms with E-state index in [2.05, 4.69) is 29.6 Å². The predicted octanol–water partition coefficient (Wildman–Crippen LogP) is 4.69. The van der Waals surface area contributed by atoms with Crippen molar-refractivity contribution in [2.45, 2.75) is 75.4 Å². The summed E-state index contributed by atoms with van der Waals surface area (Å²) in [5.74, 6) is -0.961. The largest absolute Gasteiger partial charge is 0.481 e. The van der Waals surface area contributed by atoms with Gasteiger partial charge in [-0.2, -0.15) is 0 Å². The van der Waals surface area contributed by atoms with E-state index in [4.69, 9.17) is 4.74 Å². The second kappa shape index (κ2) is 9.36. The molecular weight excluding hydrogens is 444 g/mol. The zero-order chi connectivity index (χ0) is 24.6. The molecule has 0 unspecified atom stereocenters. The van der Waals surface area contributed by atoms with E-state index in [0.29, 0.717) is 6.42 Å². The number of nitrogens with one attached hydrogen (secondary N) is 1. The molecule has 7 nitrogen and oxygen atoms in total. The molecule has 0 aromatic heterocycles. The molecule has 2 bridgehead atoms. The van der Waals surface area contributed by atoms with E-state index in [1.54, 1.807) is 0 Å². The minimum atomic E-state index is -0.867. The van der Waals surface area contributed by atoms with Crippen molar-refractivity contribution in [3.05, 3.63) is 59.7 Å². The number of carboxylic acids is 1. The highest BCUT2D eigenvalue weighted by molar-refractivity contribution is 5.81. The van der Waals surface area contributed by atoms with Gasteiger partial charge in [-0.05, 0) is 54.4 Å². The average molecular weight is 477 g/mol. The van der Waals surface area contributed by atoms with Crippen molar-refractivity contribution < 1.29 is 24.2 Å². The van der Waals surface area contributed by atoms with E-state index in [1.807, 2.05) is 36.1 Å². The summed E-state index contributed by atoms with van der Waals surface area (Å²) >= 11 is 0. The minimum absolute atomic E-state index is 0.00810. The molecule has 0 spiro atoms. The Morgan fingerprint density at radius 2 is 1.66 bits per heavy atom. The summed E-state index contributed by atoms with van der Waals surface area (Å²) in [6.45, 7) is 2.15. The topological polar surface area (TPSA) is 95.9 Å². The highest BCUT2D eigenvalue weighted by atomic mass is 16.5. The molecule has 2 aromatic carbocycles. The third-order valence-electron chi connectivity index (χ3n) is 8.09. The number of aliphatic carboxylic acids is 1. The van der Waals surface area contributed by atoms with E-state index in [0.717, 1.165) is 36.8 Å². The molecule has 2 amide bonds. The van der Waals surface area contributed by atoms with Gasteiger partial charge in [0.25, 0.3) is 0 Å². The lowest BCUT2D eigenvalue weighted by atomic mass is 9.85. The number of alkyl carbamates (subject to hydrolysis) is 1. The number of hydrogen-bond acceptors (Lipinski definition) is 4. The average Bonchev–Trinajstić information content (AvgIpc) is 3.49. The number of fused-ring (bicyclic) bond motifs is 5. The van der Waals surface area contributed by atoms with Crippen LogP contribution in [0.1, 0.15) is 68.9 Å². The lowest BCUT2D eigenvalue weighted by molar-refractivity contribution is -0.143. The number of amides is 2. The molecule has 35 heavy (non-hydrogen) atoms. The van der Waals surface area contributed by atoms with Crippen LogP contribution in [0.3, 0.4) is 0 Å². The SMILES string of the molecule is CC[C@@H](CC(=O)N1C2CCC1(CC(=O)O)CC2)NC(=O)OCC1c2ccccc2-c2ccccc21. The summed E-state index contributed by atoms with van der Waals surface area (Å²) in [5, 5.41) is 12.3. The number of carbonyl (C=O) groups excluding carboxylic acids is 2. The van der Waals surface area contributed by atoms with Gasteiger partial charge in [0.15, 0.2) is 0 Å². The van der Waals surface area contributed by atoms with Gasteiger partial charge in [0.1, 0.15) is 6.61 Å². The molecule has 2 heterocycles. The van der Waals surface area contributed by atoms with Crippen molar-refractivity contribution in [1.82, 2.24) is 10.2 Å². The van der Waals surface area contributed by atoms with Gasteiger partial charge in [-0.25, -0.2) is 4.79 Å². The first-order chi connectivity index (χ1) is 16.9. The van der Waals surface area contributed by atoms with Crippen molar-refractivity contribution >= 4 is 18.0 Å². The van der Waals surface area contributed by atoms with Crippen LogP contribution in [-0.2, 0) is 14.3 Å². The van der Waals surface area contributed by atoms with E-state index in [1.165, 1.54) is 11.1 Å². The standard InChI is InChI=1S/C28H32N2O5/c1-2-18(15-25(31)30-19-11-13-28(30,14-12-19)16-26(32)33)29-27(34)35-17-24-22-9-5-3-7-20(22)21-8-4-6-10-23(21)24/h3-10,18-19,24H,2,11-17H2,1H3,(H,29,34)(H,32,33)/t18-,19?,28?/m0/s1. The Balaban J connectivity index is 1.20. The van der Waals surface area contributed by atoms with Crippen LogP contribution in [-0.4, -0.2) is 52.2 Å². The van der Waals surface area contributed by atoms with Crippen LogP contribution < -0.4 is 5.32 Å². The molecule has 2 aliphatic heterocycles. The van der Waals surface area contributed by atoms with Crippen LogP contribution >= 0.6 is 0 Å². The quantitative estimate of drug-likeness (QED) is 0.576. The lowest BCUT2D eigenvalue weighted by Crippen LogP contribution is -2.49. The third kappa shape index (κ3) is 4.28. The Labute approximate surface area is 205 Å². The van der Waals surface area contributed by atoms with Gasteiger partial charge in [-0.1, -0.05) is 55.5 Å². The van der Waals surface area contributed by atoms with Crippen molar-refractivity contribution in [3.63, 3.8) is 0 Å².